The molecule has 3 heterocycles. The van der Waals surface area contributed by atoms with Gasteiger partial charge < -0.3 is 9.80 Å². The molecule has 27 heavy (non-hydrogen) atoms. The van der Waals surface area contributed by atoms with Gasteiger partial charge in [-0.3, -0.25) is 4.79 Å². The third-order valence-corrected chi connectivity index (χ3v) is 6.07. The number of carbonyl (C=O) groups excluding carboxylic acids is 1. The van der Waals surface area contributed by atoms with Crippen LogP contribution in [0.2, 0.25) is 0 Å². The largest absolute Gasteiger partial charge is 0.354 e. The summed E-state index contributed by atoms with van der Waals surface area (Å²) < 4.78 is 0. The number of hydrogen-bond donors (Lipinski definition) is 0. The third kappa shape index (κ3) is 3.96. The van der Waals surface area contributed by atoms with E-state index in [1.165, 1.54) is 11.3 Å². The topological polar surface area (TPSA) is 73.1 Å². The van der Waals surface area contributed by atoms with Crippen LogP contribution in [0, 0.1) is 25.2 Å². The molecule has 1 aliphatic rings. The van der Waals surface area contributed by atoms with E-state index >= 15 is 0 Å². The Labute approximate surface area is 164 Å². The zero-order chi connectivity index (χ0) is 19.4. The summed E-state index contributed by atoms with van der Waals surface area (Å²) in [6.45, 7) is 8.21. The van der Waals surface area contributed by atoms with Crippen molar-refractivity contribution in [2.45, 2.75) is 46.1 Å². The number of thiophene rings is 1. The van der Waals surface area contributed by atoms with E-state index < -0.39 is 0 Å². The molecule has 2 aromatic rings. The van der Waals surface area contributed by atoms with Crippen molar-refractivity contribution in [3.8, 4) is 6.07 Å². The number of amides is 1. The summed E-state index contributed by atoms with van der Waals surface area (Å²) in [7, 11) is 0. The van der Waals surface area contributed by atoms with Gasteiger partial charge in [0.25, 0.3) is 5.91 Å². The summed E-state index contributed by atoms with van der Waals surface area (Å²) in [4.78, 5) is 17.9. The Balaban J connectivity index is 1.73. The van der Waals surface area contributed by atoms with Crippen LogP contribution in [0.15, 0.2) is 17.5 Å². The second-order valence-corrected chi connectivity index (χ2v) is 7.86. The molecular formula is C20H25N5OS. The Morgan fingerprint density at radius 1 is 1.37 bits per heavy atom. The molecule has 0 bridgehead atoms. The molecule has 0 N–H and O–H groups in total. The van der Waals surface area contributed by atoms with Crippen LogP contribution in [0.5, 0.6) is 0 Å². The smallest absolute Gasteiger partial charge is 0.264 e. The van der Waals surface area contributed by atoms with E-state index in [9.17, 15) is 10.1 Å². The van der Waals surface area contributed by atoms with Crippen LogP contribution in [0.25, 0.3) is 0 Å². The molecule has 1 saturated heterocycles. The van der Waals surface area contributed by atoms with Crippen LogP contribution < -0.4 is 4.90 Å². The number of anilines is 1. The summed E-state index contributed by atoms with van der Waals surface area (Å²) in [6.07, 6.45) is 2.69. The molecule has 1 fully saturated rings. The predicted molar refractivity (Wildman–Crippen MR) is 107 cm³/mol. The normalized spacial score (nSPS) is 14.8. The Bertz CT molecular complexity index is 835. The molecule has 0 spiro atoms. The highest BCUT2D eigenvalue weighted by molar-refractivity contribution is 7.12. The molecule has 0 saturated carbocycles. The first-order valence-corrected chi connectivity index (χ1v) is 10.3. The summed E-state index contributed by atoms with van der Waals surface area (Å²) in [5.74, 6) is 0.805. The highest BCUT2D eigenvalue weighted by Crippen LogP contribution is 2.27. The molecule has 6 nitrogen and oxygen atoms in total. The highest BCUT2D eigenvalue weighted by atomic mass is 32.1. The van der Waals surface area contributed by atoms with Gasteiger partial charge in [-0.25, -0.2) is 0 Å². The van der Waals surface area contributed by atoms with E-state index in [1.54, 1.807) is 0 Å². The summed E-state index contributed by atoms with van der Waals surface area (Å²) in [5.41, 5.74) is 2.30. The van der Waals surface area contributed by atoms with Gasteiger partial charge in [0.05, 0.1) is 10.6 Å². The SMILES string of the molecule is CCCN(C(=O)c1cccs1)C1CCN(c2nnc(C)c(C)c2C#N)CC1. The van der Waals surface area contributed by atoms with Gasteiger partial charge in [0.1, 0.15) is 11.6 Å². The second-order valence-electron chi connectivity index (χ2n) is 6.91. The number of hydrogen-bond acceptors (Lipinski definition) is 6. The van der Waals surface area contributed by atoms with Gasteiger partial charge in [-0.15, -0.1) is 16.4 Å². The first-order chi connectivity index (χ1) is 13.1. The zero-order valence-corrected chi connectivity index (χ0v) is 16.9. The number of aryl methyl sites for hydroxylation is 1. The van der Waals surface area contributed by atoms with Crippen molar-refractivity contribution in [1.82, 2.24) is 15.1 Å². The lowest BCUT2D eigenvalue weighted by Crippen LogP contribution is -2.48. The third-order valence-electron chi connectivity index (χ3n) is 5.21. The fourth-order valence-electron chi connectivity index (χ4n) is 3.57. The van der Waals surface area contributed by atoms with Gasteiger partial charge >= 0.3 is 0 Å². The maximum absolute atomic E-state index is 12.9. The van der Waals surface area contributed by atoms with Crippen molar-refractivity contribution in [1.29, 1.82) is 5.26 Å². The van der Waals surface area contributed by atoms with Crippen molar-refractivity contribution in [3.05, 3.63) is 39.2 Å². The minimum atomic E-state index is 0.133. The minimum Gasteiger partial charge on any atom is -0.354 e. The summed E-state index contributed by atoms with van der Waals surface area (Å²) in [5, 5.41) is 20.0. The number of carbonyl (C=O) groups is 1. The zero-order valence-electron chi connectivity index (χ0n) is 16.1. The lowest BCUT2D eigenvalue weighted by Gasteiger charge is -2.39. The fourth-order valence-corrected chi connectivity index (χ4v) is 4.25. The average molecular weight is 384 g/mol. The number of nitrogens with zero attached hydrogens (tertiary/aromatic N) is 5. The van der Waals surface area contributed by atoms with Gasteiger partial charge in [-0.1, -0.05) is 13.0 Å². The molecule has 0 atom stereocenters. The first kappa shape index (κ1) is 19.3. The van der Waals surface area contributed by atoms with Crippen molar-refractivity contribution in [2.75, 3.05) is 24.5 Å². The van der Waals surface area contributed by atoms with Crippen molar-refractivity contribution < 1.29 is 4.79 Å². The number of aromatic nitrogens is 2. The van der Waals surface area contributed by atoms with Gasteiger partial charge in [0, 0.05) is 25.7 Å². The van der Waals surface area contributed by atoms with Crippen molar-refractivity contribution >= 4 is 23.1 Å². The summed E-state index contributed by atoms with van der Waals surface area (Å²) >= 11 is 1.50. The molecule has 1 amide bonds. The lowest BCUT2D eigenvalue weighted by molar-refractivity contribution is 0.0655. The molecule has 0 radical (unpaired) electrons. The molecular weight excluding hydrogens is 358 g/mol. The molecule has 0 aromatic carbocycles. The first-order valence-electron chi connectivity index (χ1n) is 9.40. The van der Waals surface area contributed by atoms with E-state index in [-0.39, 0.29) is 11.9 Å². The molecule has 2 aromatic heterocycles. The molecule has 0 aliphatic carbocycles. The Kier molecular flexibility index (Phi) is 6.07. The van der Waals surface area contributed by atoms with E-state index in [0.717, 1.165) is 55.0 Å². The Morgan fingerprint density at radius 3 is 2.70 bits per heavy atom. The monoisotopic (exact) mass is 383 g/mol. The molecule has 3 rings (SSSR count). The Hall–Kier alpha value is -2.46. The lowest BCUT2D eigenvalue weighted by atomic mass is 10.0. The molecule has 7 heteroatoms. The molecule has 1 aliphatic heterocycles. The van der Waals surface area contributed by atoms with Crippen molar-refractivity contribution in [2.24, 2.45) is 0 Å². The highest BCUT2D eigenvalue weighted by Gasteiger charge is 2.30. The number of rotatable bonds is 5. The van der Waals surface area contributed by atoms with Gasteiger partial charge in [-0.05, 0) is 50.1 Å². The van der Waals surface area contributed by atoms with Crippen LogP contribution in [-0.4, -0.2) is 46.7 Å². The number of nitriles is 1. The predicted octanol–water partition coefficient (Wildman–Crippen LogP) is 3.55. The van der Waals surface area contributed by atoms with Crippen LogP contribution in [0.1, 0.15) is 52.7 Å². The van der Waals surface area contributed by atoms with Gasteiger partial charge in [0.15, 0.2) is 5.82 Å². The quantitative estimate of drug-likeness (QED) is 0.789. The second kappa shape index (κ2) is 8.49. The molecule has 142 valence electrons. The maximum Gasteiger partial charge on any atom is 0.264 e. The van der Waals surface area contributed by atoms with Crippen molar-refractivity contribution in [3.63, 3.8) is 0 Å². The minimum absolute atomic E-state index is 0.133. The average Bonchev–Trinajstić information content (AvgIpc) is 3.23. The Morgan fingerprint density at radius 2 is 2.11 bits per heavy atom. The van der Waals surface area contributed by atoms with Crippen LogP contribution in [0.4, 0.5) is 5.82 Å². The standard InChI is InChI=1S/C20H25N5OS/c1-4-9-25(20(26)18-6-5-12-27-18)16-7-10-24(11-8-16)19-17(13-21)14(2)15(3)22-23-19/h5-6,12,16H,4,7-11H2,1-3H3. The van der Waals surface area contributed by atoms with Gasteiger partial charge in [0.2, 0.25) is 0 Å². The number of piperidine rings is 1. The molecule has 0 unspecified atom stereocenters. The van der Waals surface area contributed by atoms with Gasteiger partial charge in [-0.2, -0.15) is 10.4 Å². The van der Waals surface area contributed by atoms with E-state index in [2.05, 4.69) is 28.1 Å². The van der Waals surface area contributed by atoms with Crippen LogP contribution in [-0.2, 0) is 0 Å². The van der Waals surface area contributed by atoms with E-state index in [4.69, 9.17) is 0 Å². The van der Waals surface area contributed by atoms with Crippen LogP contribution in [0.3, 0.4) is 0 Å². The fraction of sp³-hybridized carbons (Fsp3) is 0.500. The van der Waals surface area contributed by atoms with Crippen LogP contribution >= 0.6 is 11.3 Å². The van der Waals surface area contributed by atoms with E-state index in [1.807, 2.05) is 36.3 Å². The maximum atomic E-state index is 12.9. The summed E-state index contributed by atoms with van der Waals surface area (Å²) in [6, 6.07) is 6.33. The van der Waals surface area contributed by atoms with E-state index in [0.29, 0.717) is 11.4 Å².